The second kappa shape index (κ2) is 8.33. The fourth-order valence-corrected chi connectivity index (χ4v) is 2.09. The third kappa shape index (κ3) is 4.70. The average Bonchev–Trinajstić information content (AvgIpc) is 2.46. The van der Waals surface area contributed by atoms with E-state index < -0.39 is 11.8 Å². The van der Waals surface area contributed by atoms with Crippen molar-refractivity contribution in [3.05, 3.63) is 29.6 Å². The molecule has 2 rings (SSSR count). The quantitative estimate of drug-likeness (QED) is 0.490. The Morgan fingerprint density at radius 3 is 2.73 bits per heavy atom. The number of hydrogen-bond donors (Lipinski definition) is 2. The van der Waals surface area contributed by atoms with Crippen LogP contribution in [0.25, 0.3) is 0 Å². The second-order valence-electron chi connectivity index (χ2n) is 4.71. The molecule has 0 spiro atoms. The van der Waals surface area contributed by atoms with Crippen LogP contribution < -0.4 is 10.6 Å². The van der Waals surface area contributed by atoms with Gasteiger partial charge in [-0.05, 0) is 6.07 Å². The summed E-state index contributed by atoms with van der Waals surface area (Å²) in [4.78, 5) is 13.2. The van der Waals surface area contributed by atoms with Crippen LogP contribution in [-0.2, 0) is 20.9 Å². The molecule has 7 heteroatoms. The van der Waals surface area contributed by atoms with Gasteiger partial charge in [-0.3, -0.25) is 10.2 Å². The Morgan fingerprint density at radius 2 is 2.09 bits per heavy atom. The van der Waals surface area contributed by atoms with Crippen molar-refractivity contribution in [2.24, 2.45) is 5.73 Å². The number of amidine groups is 1. The number of carbonyl (C=O) groups is 1. The number of nitrogens with one attached hydrogen (secondary N) is 1. The summed E-state index contributed by atoms with van der Waals surface area (Å²) in [5.74, 6) is -1.31. The van der Waals surface area contributed by atoms with Gasteiger partial charge in [0, 0.05) is 18.7 Å². The molecule has 122 valence electrons. The van der Waals surface area contributed by atoms with E-state index in [0.717, 1.165) is 0 Å². The summed E-state index contributed by atoms with van der Waals surface area (Å²) in [5, 5.41) is 7.00. The van der Waals surface area contributed by atoms with E-state index in [1.807, 2.05) is 4.90 Å². The number of ether oxygens (including phenoxy) is 2. The lowest BCUT2D eigenvalue weighted by Gasteiger charge is -2.29. The number of esters is 1. The maximum Gasteiger partial charge on any atom is 0.313 e. The molecule has 1 saturated heterocycles. The Balaban J connectivity index is 0.00000242. The van der Waals surface area contributed by atoms with Gasteiger partial charge in [0.1, 0.15) is 18.9 Å². The SMILES string of the molecule is C.N=C(N)CC(=O)OCc1cccc(N2CCOCC2)c1F. The van der Waals surface area contributed by atoms with Gasteiger partial charge in [0.25, 0.3) is 0 Å². The van der Waals surface area contributed by atoms with E-state index in [4.69, 9.17) is 20.6 Å². The molecular formula is C15H22FN3O3. The Morgan fingerprint density at radius 1 is 1.41 bits per heavy atom. The Kier molecular flexibility index (Phi) is 6.78. The molecular weight excluding hydrogens is 289 g/mol. The minimum atomic E-state index is -0.640. The van der Waals surface area contributed by atoms with E-state index in [9.17, 15) is 9.18 Å². The zero-order valence-corrected chi connectivity index (χ0v) is 11.6. The van der Waals surface area contributed by atoms with Crippen LogP contribution in [0, 0.1) is 11.2 Å². The molecule has 0 amide bonds. The highest BCUT2D eigenvalue weighted by Crippen LogP contribution is 2.23. The maximum absolute atomic E-state index is 14.4. The lowest BCUT2D eigenvalue weighted by atomic mass is 10.1. The van der Waals surface area contributed by atoms with Gasteiger partial charge in [0.05, 0.1) is 18.9 Å². The normalized spacial score (nSPS) is 14.1. The highest BCUT2D eigenvalue weighted by atomic mass is 19.1. The van der Waals surface area contributed by atoms with Crippen LogP contribution in [0.3, 0.4) is 0 Å². The van der Waals surface area contributed by atoms with Gasteiger partial charge in [0.15, 0.2) is 5.82 Å². The number of nitrogens with zero attached hydrogens (tertiary/aromatic N) is 1. The number of rotatable bonds is 5. The first-order valence-electron chi connectivity index (χ1n) is 6.66. The standard InChI is InChI=1S/C14H18FN3O3.CH4/c15-14-10(9-21-13(19)8-12(16)17)2-1-3-11(14)18-4-6-20-7-5-18;/h1-3H,4-9H2,(H3,16,17);1H4. The molecule has 1 aliphatic heterocycles. The van der Waals surface area contributed by atoms with Crippen molar-refractivity contribution < 1.29 is 18.7 Å². The number of anilines is 1. The van der Waals surface area contributed by atoms with E-state index in [1.54, 1.807) is 18.2 Å². The van der Waals surface area contributed by atoms with E-state index in [0.29, 0.717) is 37.6 Å². The van der Waals surface area contributed by atoms with Crippen LogP contribution in [-0.4, -0.2) is 38.1 Å². The summed E-state index contributed by atoms with van der Waals surface area (Å²) in [6.07, 6.45) is -0.287. The van der Waals surface area contributed by atoms with Gasteiger partial charge in [-0.1, -0.05) is 19.6 Å². The van der Waals surface area contributed by atoms with Gasteiger partial charge >= 0.3 is 5.97 Å². The number of halogens is 1. The average molecular weight is 311 g/mol. The van der Waals surface area contributed by atoms with Gasteiger partial charge in [-0.15, -0.1) is 0 Å². The fraction of sp³-hybridized carbons (Fsp3) is 0.467. The molecule has 0 bridgehead atoms. The van der Waals surface area contributed by atoms with E-state index in [-0.39, 0.29) is 26.3 Å². The molecule has 22 heavy (non-hydrogen) atoms. The first kappa shape index (κ1) is 17.9. The fourth-order valence-electron chi connectivity index (χ4n) is 2.09. The molecule has 0 aromatic heterocycles. The molecule has 0 atom stereocenters. The van der Waals surface area contributed by atoms with Crippen LogP contribution in [0.15, 0.2) is 18.2 Å². The summed E-state index contributed by atoms with van der Waals surface area (Å²) in [6, 6.07) is 4.99. The van der Waals surface area contributed by atoms with Crippen molar-refractivity contribution in [2.45, 2.75) is 20.5 Å². The summed E-state index contributed by atoms with van der Waals surface area (Å²) >= 11 is 0. The van der Waals surface area contributed by atoms with Crippen molar-refractivity contribution in [3.63, 3.8) is 0 Å². The third-order valence-corrected chi connectivity index (χ3v) is 3.13. The van der Waals surface area contributed by atoms with Crippen LogP contribution in [0.2, 0.25) is 0 Å². The molecule has 0 aliphatic carbocycles. The van der Waals surface area contributed by atoms with Crippen LogP contribution in [0.5, 0.6) is 0 Å². The van der Waals surface area contributed by atoms with E-state index in [2.05, 4.69) is 0 Å². The van der Waals surface area contributed by atoms with Crippen molar-refractivity contribution in [1.29, 1.82) is 5.41 Å². The first-order valence-corrected chi connectivity index (χ1v) is 6.66. The summed E-state index contributed by atoms with van der Waals surface area (Å²) in [6.45, 7) is 2.22. The van der Waals surface area contributed by atoms with E-state index in [1.165, 1.54) is 0 Å². The molecule has 1 heterocycles. The van der Waals surface area contributed by atoms with Gasteiger partial charge in [0.2, 0.25) is 0 Å². The maximum atomic E-state index is 14.4. The summed E-state index contributed by atoms with van der Waals surface area (Å²) in [7, 11) is 0. The predicted octanol–water partition coefficient (Wildman–Crippen LogP) is 1.67. The number of carbonyl (C=O) groups excluding carboxylic acids is 1. The molecule has 6 nitrogen and oxygen atoms in total. The molecule has 3 N–H and O–H groups in total. The van der Waals surface area contributed by atoms with Gasteiger partial charge in [-0.2, -0.15) is 0 Å². The molecule has 0 radical (unpaired) electrons. The molecule has 1 aromatic carbocycles. The predicted molar refractivity (Wildman–Crippen MR) is 82.5 cm³/mol. The summed E-state index contributed by atoms with van der Waals surface area (Å²) in [5.41, 5.74) is 5.89. The van der Waals surface area contributed by atoms with Crippen molar-refractivity contribution in [1.82, 2.24) is 0 Å². The van der Waals surface area contributed by atoms with Gasteiger partial charge in [-0.25, -0.2) is 4.39 Å². The minimum absolute atomic E-state index is 0. The van der Waals surface area contributed by atoms with Crippen LogP contribution >= 0.6 is 0 Å². The topological polar surface area (TPSA) is 88.6 Å². The first-order chi connectivity index (χ1) is 10.1. The zero-order valence-electron chi connectivity index (χ0n) is 11.6. The molecule has 1 aromatic rings. The second-order valence-corrected chi connectivity index (χ2v) is 4.71. The van der Waals surface area contributed by atoms with E-state index >= 15 is 0 Å². The minimum Gasteiger partial charge on any atom is -0.460 e. The van der Waals surface area contributed by atoms with Crippen molar-refractivity contribution in [2.75, 3.05) is 31.2 Å². The monoisotopic (exact) mass is 311 g/mol. The summed E-state index contributed by atoms with van der Waals surface area (Å²) < 4.78 is 24.6. The molecule has 0 unspecified atom stereocenters. The zero-order chi connectivity index (χ0) is 15.2. The largest absolute Gasteiger partial charge is 0.460 e. The Hall–Kier alpha value is -2.15. The molecule has 0 saturated carbocycles. The molecule has 1 fully saturated rings. The van der Waals surface area contributed by atoms with Crippen LogP contribution in [0.4, 0.5) is 10.1 Å². The highest BCUT2D eigenvalue weighted by molar-refractivity contribution is 5.94. The third-order valence-electron chi connectivity index (χ3n) is 3.13. The Labute approximate surface area is 129 Å². The van der Waals surface area contributed by atoms with Crippen LogP contribution in [0.1, 0.15) is 19.4 Å². The van der Waals surface area contributed by atoms with Gasteiger partial charge < -0.3 is 20.1 Å². The molecule has 1 aliphatic rings. The van der Waals surface area contributed by atoms with Crippen molar-refractivity contribution >= 4 is 17.5 Å². The number of morpholine rings is 1. The smallest absolute Gasteiger partial charge is 0.313 e. The van der Waals surface area contributed by atoms with Crippen molar-refractivity contribution in [3.8, 4) is 0 Å². The number of benzene rings is 1. The number of nitrogens with two attached hydrogens (primary N) is 1. The lowest BCUT2D eigenvalue weighted by molar-refractivity contribution is -0.143. The number of hydrogen-bond acceptors (Lipinski definition) is 5. The Bertz CT molecular complexity index is 531. The highest BCUT2D eigenvalue weighted by Gasteiger charge is 2.17. The lowest BCUT2D eigenvalue weighted by Crippen LogP contribution is -2.36.